The molecule has 18 atom stereocenters. The maximum absolute atomic E-state index is 12.8. The van der Waals surface area contributed by atoms with Crippen LogP contribution in [0.15, 0.2) is 0 Å². The molecule has 21 nitrogen and oxygen atoms in total. The van der Waals surface area contributed by atoms with Crippen molar-refractivity contribution in [3.63, 3.8) is 0 Å². The third-order valence-electron chi connectivity index (χ3n) is 10.0. The second kappa shape index (κ2) is 20.6. The molecule has 304 valence electrons. The van der Waals surface area contributed by atoms with E-state index in [4.69, 9.17) is 57.1 Å². The lowest BCUT2D eigenvalue weighted by molar-refractivity contribution is -0.290. The number of likely N-dealkylation sites (N-methyl/N-ethyl adjacent to an activating group) is 1. The number of aliphatic hydroxyl groups excluding tert-OH is 6. The summed E-state index contributed by atoms with van der Waals surface area (Å²) < 4.78 is 36.4. The van der Waals surface area contributed by atoms with Gasteiger partial charge in [0.25, 0.3) is 0 Å². The second-order valence-corrected chi connectivity index (χ2v) is 14.0. The number of hydrogen-bond donors (Lipinski definition) is 14. The zero-order valence-electron chi connectivity index (χ0n) is 29.6. The van der Waals surface area contributed by atoms with Crippen molar-refractivity contribution in [2.75, 3.05) is 46.4 Å². The van der Waals surface area contributed by atoms with Crippen molar-refractivity contribution in [1.82, 2.24) is 16.0 Å². The molecule has 3 saturated heterocycles. The molecule has 0 radical (unpaired) electrons. The van der Waals surface area contributed by atoms with Crippen molar-refractivity contribution < 1.29 is 63.9 Å². The van der Waals surface area contributed by atoms with Crippen molar-refractivity contribution in [2.24, 2.45) is 28.7 Å². The fraction of sp³-hybridized carbons (Fsp3) is 0.968. The van der Waals surface area contributed by atoms with Crippen LogP contribution in [0.5, 0.6) is 0 Å². The molecule has 1 aliphatic carbocycles. The van der Waals surface area contributed by atoms with E-state index < -0.39 is 117 Å². The lowest BCUT2D eigenvalue weighted by atomic mass is 9.83. The summed E-state index contributed by atoms with van der Waals surface area (Å²) in [5.41, 5.74) is 30.2. The standard InChI is InChI=1S/C31H62N8O13/c1-37-11-18-22(43)23(44)20(36)30(48-18)51-26-19(12-40)49-31(24(26)45)52-27-21(42)16(39-28(46)17(41)5-7-33)9-15(35)25(27)50-29-14(34)4-3-13(47-29)10-38-8-2-6-32/h13-27,29-31,37-38,40-45H,2-12,32-36H2,1H3,(H,39,46). The lowest BCUT2D eigenvalue weighted by Crippen LogP contribution is -2.67. The van der Waals surface area contributed by atoms with Crippen molar-refractivity contribution in [2.45, 2.75) is 142 Å². The van der Waals surface area contributed by atoms with Gasteiger partial charge in [-0.2, -0.15) is 0 Å². The molecular weight excluding hydrogens is 692 g/mol. The molecule has 21 heteroatoms. The summed E-state index contributed by atoms with van der Waals surface area (Å²) in [5, 5.41) is 73.2. The van der Waals surface area contributed by atoms with Gasteiger partial charge in [-0.05, 0) is 58.8 Å². The summed E-state index contributed by atoms with van der Waals surface area (Å²) in [5.74, 6) is -0.777. The first-order chi connectivity index (χ1) is 24.8. The van der Waals surface area contributed by atoms with Crippen molar-refractivity contribution >= 4 is 5.91 Å². The van der Waals surface area contributed by atoms with Gasteiger partial charge in [0.1, 0.15) is 61.0 Å². The molecule has 0 aromatic rings. The predicted octanol–water partition coefficient (Wildman–Crippen LogP) is -7.73. The van der Waals surface area contributed by atoms with Gasteiger partial charge in [-0.3, -0.25) is 4.79 Å². The van der Waals surface area contributed by atoms with Crippen LogP contribution in [0.25, 0.3) is 0 Å². The topological polar surface area (TPSA) is 360 Å². The highest BCUT2D eigenvalue weighted by molar-refractivity contribution is 5.80. The molecule has 0 aromatic heterocycles. The normalized spacial score (nSPS) is 43.3. The van der Waals surface area contributed by atoms with Crippen molar-refractivity contribution in [3.05, 3.63) is 0 Å². The molecule has 19 N–H and O–H groups in total. The van der Waals surface area contributed by atoms with Crippen LogP contribution < -0.4 is 44.6 Å². The molecule has 4 aliphatic rings. The van der Waals surface area contributed by atoms with E-state index >= 15 is 0 Å². The molecule has 3 heterocycles. The van der Waals surface area contributed by atoms with Gasteiger partial charge in [-0.25, -0.2) is 0 Å². The average Bonchev–Trinajstić information content (AvgIpc) is 3.42. The fourth-order valence-corrected chi connectivity index (χ4v) is 6.97. The molecule has 18 unspecified atom stereocenters. The predicted molar refractivity (Wildman–Crippen MR) is 182 cm³/mol. The molecule has 52 heavy (non-hydrogen) atoms. The first kappa shape index (κ1) is 43.4. The van der Waals surface area contributed by atoms with E-state index in [1.54, 1.807) is 7.05 Å². The van der Waals surface area contributed by atoms with E-state index in [-0.39, 0.29) is 32.0 Å². The molecule has 0 bridgehead atoms. The second-order valence-electron chi connectivity index (χ2n) is 14.0. The summed E-state index contributed by atoms with van der Waals surface area (Å²) in [4.78, 5) is 12.8. The van der Waals surface area contributed by atoms with Gasteiger partial charge in [0.2, 0.25) is 5.91 Å². The minimum Gasteiger partial charge on any atom is -0.394 e. The fourth-order valence-electron chi connectivity index (χ4n) is 6.97. The highest BCUT2D eigenvalue weighted by atomic mass is 16.8. The summed E-state index contributed by atoms with van der Waals surface area (Å²) in [7, 11) is 1.63. The van der Waals surface area contributed by atoms with Crippen LogP contribution in [0.4, 0.5) is 0 Å². The molecule has 3 aliphatic heterocycles. The number of carbonyl (C=O) groups is 1. The highest BCUT2D eigenvalue weighted by Gasteiger charge is 2.54. The quantitative estimate of drug-likeness (QED) is 0.0578. The van der Waals surface area contributed by atoms with Gasteiger partial charge in [-0.1, -0.05) is 0 Å². The van der Waals surface area contributed by atoms with E-state index in [0.29, 0.717) is 32.5 Å². The molecule has 4 rings (SSSR count). The van der Waals surface area contributed by atoms with E-state index in [0.717, 1.165) is 6.42 Å². The Labute approximate surface area is 303 Å². The number of hydrogen-bond acceptors (Lipinski definition) is 20. The highest BCUT2D eigenvalue weighted by Crippen LogP contribution is 2.34. The number of amides is 1. The molecule has 0 aromatic carbocycles. The van der Waals surface area contributed by atoms with Crippen LogP contribution in [0.3, 0.4) is 0 Å². The lowest BCUT2D eigenvalue weighted by Gasteiger charge is -2.46. The van der Waals surface area contributed by atoms with Crippen molar-refractivity contribution in [1.29, 1.82) is 0 Å². The maximum Gasteiger partial charge on any atom is 0.249 e. The van der Waals surface area contributed by atoms with Crippen LogP contribution in [-0.2, 0) is 33.2 Å². The van der Waals surface area contributed by atoms with Gasteiger partial charge in [0, 0.05) is 19.1 Å². The average molecular weight is 755 g/mol. The first-order valence-electron chi connectivity index (χ1n) is 18.1. The van der Waals surface area contributed by atoms with Gasteiger partial charge >= 0.3 is 0 Å². The molecular formula is C31H62N8O13. The van der Waals surface area contributed by atoms with E-state index in [1.807, 2.05) is 0 Å². The Morgan fingerprint density at radius 1 is 0.808 bits per heavy atom. The Bertz CT molecular complexity index is 1080. The van der Waals surface area contributed by atoms with Crippen LogP contribution in [0, 0.1) is 0 Å². The number of rotatable bonds is 18. The Kier molecular flexibility index (Phi) is 17.2. The summed E-state index contributed by atoms with van der Waals surface area (Å²) in [6, 6.07) is -3.72. The van der Waals surface area contributed by atoms with Crippen LogP contribution in [0.1, 0.15) is 32.1 Å². The van der Waals surface area contributed by atoms with Gasteiger partial charge in [0.05, 0.1) is 30.8 Å². The minimum atomic E-state index is -1.62. The SMILES string of the molecule is CNCC1OC(OC2C(CO)OC(OC3C(O)C(NC(=O)C(O)CCN)CC(N)C3OC3OC(CNCCCN)CCC3N)C2O)C(N)C(O)C1O. The Morgan fingerprint density at radius 3 is 2.17 bits per heavy atom. The third kappa shape index (κ3) is 10.7. The number of carbonyl (C=O) groups excluding carboxylic acids is 1. The Balaban J connectivity index is 1.53. The zero-order chi connectivity index (χ0) is 38.1. The number of nitrogens with one attached hydrogen (secondary N) is 3. The number of ether oxygens (including phenoxy) is 6. The van der Waals surface area contributed by atoms with Gasteiger partial charge in [0.15, 0.2) is 18.9 Å². The molecule has 1 amide bonds. The van der Waals surface area contributed by atoms with Crippen LogP contribution in [-0.4, -0.2) is 193 Å². The maximum atomic E-state index is 12.8. The molecule has 1 saturated carbocycles. The Morgan fingerprint density at radius 2 is 1.50 bits per heavy atom. The van der Waals surface area contributed by atoms with Crippen LogP contribution >= 0.6 is 0 Å². The molecule has 0 spiro atoms. The smallest absolute Gasteiger partial charge is 0.249 e. The van der Waals surface area contributed by atoms with Gasteiger partial charge < -0.3 is 104 Å². The number of nitrogens with two attached hydrogens (primary N) is 5. The van der Waals surface area contributed by atoms with E-state index in [1.165, 1.54) is 0 Å². The van der Waals surface area contributed by atoms with E-state index in [2.05, 4.69) is 16.0 Å². The monoisotopic (exact) mass is 754 g/mol. The minimum absolute atomic E-state index is 0.00322. The van der Waals surface area contributed by atoms with Gasteiger partial charge in [-0.15, -0.1) is 0 Å². The van der Waals surface area contributed by atoms with Crippen molar-refractivity contribution in [3.8, 4) is 0 Å². The van der Waals surface area contributed by atoms with E-state index in [9.17, 15) is 35.4 Å². The Hall–Kier alpha value is -1.29. The zero-order valence-corrected chi connectivity index (χ0v) is 29.6. The summed E-state index contributed by atoms with van der Waals surface area (Å²) in [6.07, 6.45) is -15.3. The summed E-state index contributed by atoms with van der Waals surface area (Å²) >= 11 is 0. The summed E-state index contributed by atoms with van der Waals surface area (Å²) in [6.45, 7) is 1.32. The largest absolute Gasteiger partial charge is 0.394 e. The third-order valence-corrected chi connectivity index (χ3v) is 10.0. The molecule has 4 fully saturated rings. The van der Waals surface area contributed by atoms with Crippen LogP contribution in [0.2, 0.25) is 0 Å². The number of aliphatic hydroxyl groups is 6. The first-order valence-corrected chi connectivity index (χ1v) is 18.1.